The number of ether oxygens (including phenoxy) is 4. The van der Waals surface area contributed by atoms with Crippen molar-refractivity contribution in [2.75, 3.05) is 47.4 Å². The number of hydrogen-bond acceptors (Lipinski definition) is 16. The van der Waals surface area contributed by atoms with Gasteiger partial charge in [0.2, 0.25) is 11.9 Å². The number of nitrogens with zero attached hydrogens (tertiary/aromatic N) is 4. The highest BCUT2D eigenvalue weighted by atomic mass is 33.1. The Labute approximate surface area is 281 Å². The fraction of sp³-hybridized carbons (Fsp3) is 0.214. The van der Waals surface area contributed by atoms with Gasteiger partial charge >= 0.3 is 0 Å². The predicted molar refractivity (Wildman–Crippen MR) is 174 cm³/mol. The summed E-state index contributed by atoms with van der Waals surface area (Å²) in [5.74, 6) is 0.367. The second kappa shape index (κ2) is 14.2. The average Bonchev–Trinajstić information content (AvgIpc) is 3.09. The quantitative estimate of drug-likeness (QED) is 0.115. The number of hydrogen-bond donors (Lipinski definition) is 2. The summed E-state index contributed by atoms with van der Waals surface area (Å²) in [5, 5.41) is 0. The van der Waals surface area contributed by atoms with Crippen molar-refractivity contribution in [1.29, 1.82) is 0 Å². The van der Waals surface area contributed by atoms with Gasteiger partial charge in [0, 0.05) is 36.9 Å². The second-order valence-corrected chi connectivity index (χ2v) is 15.6. The first kappa shape index (κ1) is 33.2. The average molecular weight is 733 g/mol. The Morgan fingerprint density at radius 1 is 0.583 bits per heavy atom. The fourth-order valence-electron chi connectivity index (χ4n) is 4.15. The number of benzene rings is 2. The lowest BCUT2D eigenvalue weighted by atomic mass is 10.2. The van der Waals surface area contributed by atoms with Gasteiger partial charge in [-0.1, -0.05) is 21.6 Å². The van der Waals surface area contributed by atoms with Gasteiger partial charge in [-0.05, 0) is 24.3 Å². The topological polar surface area (TPSA) is 215 Å². The minimum atomic E-state index is -4.04. The molecule has 0 amide bonds. The third-order valence-electron chi connectivity index (χ3n) is 6.51. The van der Waals surface area contributed by atoms with Gasteiger partial charge in [-0.3, -0.25) is 9.59 Å². The molecule has 4 aromatic rings. The molecule has 6 rings (SSSR count). The molecule has 0 atom stereocenters. The lowest BCUT2D eigenvalue weighted by Crippen LogP contribution is -2.18. The van der Waals surface area contributed by atoms with Gasteiger partial charge in [0.05, 0.1) is 32.4 Å². The van der Waals surface area contributed by atoms with Crippen LogP contribution in [0.1, 0.15) is 20.7 Å². The van der Waals surface area contributed by atoms with E-state index in [1.165, 1.54) is 61.2 Å². The Balaban J connectivity index is 0.954. The molecule has 0 bridgehead atoms. The molecule has 2 aliphatic rings. The number of aromatic nitrogens is 4. The summed E-state index contributed by atoms with van der Waals surface area (Å²) in [6.45, 7) is 1.35. The van der Waals surface area contributed by atoms with Crippen molar-refractivity contribution >= 4 is 65.1 Å². The molecule has 0 radical (unpaired) electrons. The van der Waals surface area contributed by atoms with Crippen LogP contribution >= 0.6 is 21.6 Å². The van der Waals surface area contributed by atoms with Crippen LogP contribution in [0.4, 0.5) is 11.9 Å². The molecule has 0 spiro atoms. The van der Waals surface area contributed by atoms with Crippen molar-refractivity contribution in [2.45, 2.75) is 9.79 Å². The summed E-state index contributed by atoms with van der Waals surface area (Å²) >= 11 is 0. The minimum Gasteiger partial charge on any atom is -0.486 e. The van der Waals surface area contributed by atoms with Crippen LogP contribution in [0.3, 0.4) is 0 Å². The maximum Gasteiger partial charge on any atom is 0.264 e. The van der Waals surface area contributed by atoms with Crippen molar-refractivity contribution in [3.63, 3.8) is 0 Å². The fourth-order valence-corrected chi connectivity index (χ4v) is 7.95. The summed E-state index contributed by atoms with van der Waals surface area (Å²) in [5.41, 5.74) is 0.304. The number of sulfonamides is 2. The van der Waals surface area contributed by atoms with E-state index in [9.17, 15) is 26.4 Å². The number of Topliss-reactive ketones (excluding diaryl/α,β-unsaturated/α-hetero) is 2. The first-order chi connectivity index (χ1) is 23.1. The van der Waals surface area contributed by atoms with Crippen LogP contribution in [0.15, 0.2) is 71.0 Å². The number of rotatable bonds is 13. The van der Waals surface area contributed by atoms with E-state index >= 15 is 0 Å². The molecule has 250 valence electrons. The number of carbonyl (C=O) groups excluding carboxylic acids is 2. The summed E-state index contributed by atoms with van der Waals surface area (Å²) in [7, 11) is -5.82. The van der Waals surface area contributed by atoms with Crippen molar-refractivity contribution in [2.24, 2.45) is 0 Å². The molecular weight excluding hydrogens is 709 g/mol. The number of nitrogens with one attached hydrogen (secondary N) is 2. The highest BCUT2D eigenvalue weighted by Crippen LogP contribution is 2.34. The highest BCUT2D eigenvalue weighted by Gasteiger charge is 2.22. The molecule has 16 nitrogen and oxygen atoms in total. The van der Waals surface area contributed by atoms with Gasteiger partial charge in [0.1, 0.15) is 26.4 Å². The Hall–Kier alpha value is -4.66. The zero-order valence-corrected chi connectivity index (χ0v) is 27.8. The molecule has 48 heavy (non-hydrogen) atoms. The SMILES string of the molecule is O=C(CSSCC(=O)c1cnc(NS(=O)(=O)c2ccc3c(c2)OCCO3)nc1)c1cnc(NS(=O)(=O)c2ccc3c(c2)OCCO3)nc1. The zero-order chi connectivity index (χ0) is 33.7. The molecule has 0 saturated carbocycles. The molecular formula is C28H24N6O10S4. The van der Waals surface area contributed by atoms with E-state index in [-0.39, 0.29) is 55.9 Å². The van der Waals surface area contributed by atoms with Crippen molar-refractivity contribution < 1.29 is 45.4 Å². The van der Waals surface area contributed by atoms with Crippen LogP contribution in [0.5, 0.6) is 23.0 Å². The van der Waals surface area contributed by atoms with E-state index in [0.717, 1.165) is 21.6 Å². The number of anilines is 2. The van der Waals surface area contributed by atoms with Gasteiger partial charge in [0.15, 0.2) is 34.6 Å². The van der Waals surface area contributed by atoms with Crippen molar-refractivity contribution in [1.82, 2.24) is 19.9 Å². The number of carbonyl (C=O) groups is 2. The molecule has 0 unspecified atom stereocenters. The number of ketones is 2. The lowest BCUT2D eigenvalue weighted by molar-refractivity contribution is 0.101. The largest absolute Gasteiger partial charge is 0.486 e. The Kier molecular flexibility index (Phi) is 9.85. The van der Waals surface area contributed by atoms with E-state index in [1.807, 2.05) is 0 Å². The van der Waals surface area contributed by atoms with E-state index < -0.39 is 20.0 Å². The molecule has 4 heterocycles. The third kappa shape index (κ3) is 7.89. The molecule has 2 N–H and O–H groups in total. The molecule has 2 aliphatic heterocycles. The van der Waals surface area contributed by atoms with Gasteiger partial charge in [-0.25, -0.2) is 46.2 Å². The van der Waals surface area contributed by atoms with Crippen LogP contribution < -0.4 is 28.4 Å². The second-order valence-electron chi connectivity index (χ2n) is 9.78. The van der Waals surface area contributed by atoms with Gasteiger partial charge in [-0.2, -0.15) is 0 Å². The molecule has 0 fully saturated rings. The Bertz CT molecular complexity index is 1920. The van der Waals surface area contributed by atoms with Gasteiger partial charge < -0.3 is 18.9 Å². The van der Waals surface area contributed by atoms with E-state index in [2.05, 4.69) is 29.4 Å². The molecule has 20 heteroatoms. The monoisotopic (exact) mass is 732 g/mol. The van der Waals surface area contributed by atoms with Crippen LogP contribution in [-0.4, -0.2) is 86.3 Å². The van der Waals surface area contributed by atoms with E-state index in [0.29, 0.717) is 49.4 Å². The van der Waals surface area contributed by atoms with E-state index in [1.54, 1.807) is 0 Å². The van der Waals surface area contributed by atoms with Gasteiger partial charge in [0.25, 0.3) is 20.0 Å². The summed E-state index contributed by atoms with van der Waals surface area (Å²) < 4.78 is 77.3. The van der Waals surface area contributed by atoms with Crippen LogP contribution in [0.25, 0.3) is 0 Å². The highest BCUT2D eigenvalue weighted by molar-refractivity contribution is 8.77. The molecule has 0 aliphatic carbocycles. The molecule has 2 aromatic carbocycles. The molecule has 2 aromatic heterocycles. The number of fused-ring (bicyclic) bond motifs is 2. The summed E-state index contributed by atoms with van der Waals surface area (Å²) in [4.78, 5) is 40.8. The summed E-state index contributed by atoms with van der Waals surface area (Å²) in [6.07, 6.45) is 4.81. The van der Waals surface area contributed by atoms with Crippen molar-refractivity contribution in [3.05, 3.63) is 72.3 Å². The normalized spacial score (nSPS) is 13.8. The minimum absolute atomic E-state index is 0.0132. The maximum absolute atomic E-state index is 12.8. The maximum atomic E-state index is 12.8. The first-order valence-corrected chi connectivity index (χ1v) is 19.3. The van der Waals surface area contributed by atoms with Gasteiger partial charge in [-0.15, -0.1) is 0 Å². The van der Waals surface area contributed by atoms with Crippen LogP contribution in [0, 0.1) is 0 Å². The smallest absolute Gasteiger partial charge is 0.264 e. The van der Waals surface area contributed by atoms with Crippen molar-refractivity contribution in [3.8, 4) is 23.0 Å². The third-order valence-corrected chi connectivity index (χ3v) is 11.3. The standard InChI is InChI=1S/C28H24N6O10S4/c35-21(17-11-29-27(30-12-17)33-47(37,38)19-1-3-23-25(9-19)43-7-5-41-23)15-45-46-16-22(36)18-13-31-28(32-14-18)34-48(39,40)20-2-4-24-26(10-20)44-8-6-42-24/h1-4,9-14H,5-8,15-16H2,(H,29,30,33)(H,31,32,34). The zero-order valence-electron chi connectivity index (χ0n) is 24.5. The Morgan fingerprint density at radius 3 is 1.31 bits per heavy atom. The Morgan fingerprint density at radius 2 is 0.938 bits per heavy atom. The van der Waals surface area contributed by atoms with Crippen LogP contribution in [0.2, 0.25) is 0 Å². The lowest BCUT2D eigenvalue weighted by Gasteiger charge is -2.18. The predicted octanol–water partition coefficient (Wildman–Crippen LogP) is 2.86. The van der Waals surface area contributed by atoms with Crippen LogP contribution in [-0.2, 0) is 20.0 Å². The first-order valence-electron chi connectivity index (χ1n) is 13.9. The summed E-state index contributed by atoms with van der Waals surface area (Å²) in [6, 6.07) is 8.40. The molecule has 0 saturated heterocycles. The van der Waals surface area contributed by atoms with E-state index in [4.69, 9.17) is 18.9 Å².